The van der Waals surface area contributed by atoms with Gasteiger partial charge in [0, 0.05) is 12.1 Å². The number of amides is 2. The Kier molecular flexibility index (Phi) is 3.34. The standard InChI is InChI=1S/C13H16N2O3/c1-13(7-18-8-13)12(17)15-6-9-2-4-10(5-3-9)11(14)16/h2-5H,6-8H2,1H3,(H2,14,16)(H,15,17). The van der Waals surface area contributed by atoms with E-state index in [0.29, 0.717) is 25.3 Å². The fraction of sp³-hybridized carbons (Fsp3) is 0.385. The Morgan fingerprint density at radius 1 is 1.33 bits per heavy atom. The second kappa shape index (κ2) is 4.78. The molecule has 18 heavy (non-hydrogen) atoms. The molecule has 0 bridgehead atoms. The first-order chi connectivity index (χ1) is 8.51. The number of benzene rings is 1. The van der Waals surface area contributed by atoms with Crippen molar-refractivity contribution >= 4 is 11.8 Å². The van der Waals surface area contributed by atoms with Crippen molar-refractivity contribution in [3.63, 3.8) is 0 Å². The van der Waals surface area contributed by atoms with Crippen molar-refractivity contribution in [3.05, 3.63) is 35.4 Å². The summed E-state index contributed by atoms with van der Waals surface area (Å²) in [7, 11) is 0. The van der Waals surface area contributed by atoms with Gasteiger partial charge in [0.2, 0.25) is 11.8 Å². The predicted octanol–water partition coefficient (Wildman–Crippen LogP) is 0.438. The lowest BCUT2D eigenvalue weighted by Gasteiger charge is -2.36. The molecular weight excluding hydrogens is 232 g/mol. The van der Waals surface area contributed by atoms with Crippen LogP contribution < -0.4 is 11.1 Å². The van der Waals surface area contributed by atoms with Gasteiger partial charge in [0.1, 0.15) is 0 Å². The van der Waals surface area contributed by atoms with Crippen LogP contribution in [0.2, 0.25) is 0 Å². The van der Waals surface area contributed by atoms with Gasteiger partial charge in [-0.3, -0.25) is 9.59 Å². The van der Waals surface area contributed by atoms with E-state index in [9.17, 15) is 9.59 Å². The van der Waals surface area contributed by atoms with E-state index in [-0.39, 0.29) is 5.91 Å². The molecule has 0 atom stereocenters. The smallest absolute Gasteiger partial charge is 0.248 e. The van der Waals surface area contributed by atoms with Crippen molar-refractivity contribution < 1.29 is 14.3 Å². The molecular formula is C13H16N2O3. The normalized spacial score (nSPS) is 16.7. The van der Waals surface area contributed by atoms with Gasteiger partial charge in [0.05, 0.1) is 18.6 Å². The van der Waals surface area contributed by atoms with Gasteiger partial charge in [-0.05, 0) is 24.6 Å². The third-order valence-electron chi connectivity index (χ3n) is 3.08. The number of carbonyl (C=O) groups excluding carboxylic acids is 2. The van der Waals surface area contributed by atoms with Gasteiger partial charge in [-0.1, -0.05) is 12.1 Å². The maximum absolute atomic E-state index is 11.8. The minimum Gasteiger partial charge on any atom is -0.379 e. The van der Waals surface area contributed by atoms with Gasteiger partial charge in [-0.2, -0.15) is 0 Å². The van der Waals surface area contributed by atoms with Crippen LogP contribution in [0.4, 0.5) is 0 Å². The molecule has 2 rings (SSSR count). The highest BCUT2D eigenvalue weighted by Crippen LogP contribution is 2.26. The number of nitrogens with one attached hydrogen (secondary N) is 1. The summed E-state index contributed by atoms with van der Waals surface area (Å²) in [6.07, 6.45) is 0. The summed E-state index contributed by atoms with van der Waals surface area (Å²) in [5, 5.41) is 2.85. The topological polar surface area (TPSA) is 81.4 Å². The third kappa shape index (κ3) is 2.51. The first kappa shape index (κ1) is 12.6. The van der Waals surface area contributed by atoms with E-state index >= 15 is 0 Å². The highest BCUT2D eigenvalue weighted by Gasteiger charge is 2.40. The highest BCUT2D eigenvalue weighted by atomic mass is 16.5. The van der Waals surface area contributed by atoms with Crippen LogP contribution in [0.15, 0.2) is 24.3 Å². The monoisotopic (exact) mass is 248 g/mol. The van der Waals surface area contributed by atoms with Gasteiger partial charge in [0.15, 0.2) is 0 Å². The van der Waals surface area contributed by atoms with Gasteiger partial charge < -0.3 is 15.8 Å². The number of hydrogen-bond donors (Lipinski definition) is 2. The zero-order valence-electron chi connectivity index (χ0n) is 10.2. The van der Waals surface area contributed by atoms with Crippen molar-refractivity contribution in [3.8, 4) is 0 Å². The first-order valence-electron chi connectivity index (χ1n) is 5.76. The molecule has 1 aromatic rings. The number of rotatable bonds is 4. The van der Waals surface area contributed by atoms with Gasteiger partial charge in [0.25, 0.3) is 0 Å². The van der Waals surface area contributed by atoms with Crippen molar-refractivity contribution in [1.29, 1.82) is 0 Å². The molecule has 0 aliphatic carbocycles. The number of nitrogens with two attached hydrogens (primary N) is 1. The average molecular weight is 248 g/mol. The van der Waals surface area contributed by atoms with Crippen LogP contribution in [0.1, 0.15) is 22.8 Å². The van der Waals surface area contributed by atoms with E-state index in [1.165, 1.54) is 0 Å². The van der Waals surface area contributed by atoms with Crippen LogP contribution in [-0.4, -0.2) is 25.0 Å². The summed E-state index contributed by atoms with van der Waals surface area (Å²) in [6, 6.07) is 6.86. The molecule has 1 heterocycles. The molecule has 96 valence electrons. The number of ether oxygens (including phenoxy) is 1. The average Bonchev–Trinajstić information content (AvgIpc) is 2.33. The fourth-order valence-electron chi connectivity index (χ4n) is 1.72. The molecule has 0 aromatic heterocycles. The molecule has 1 aliphatic heterocycles. The Morgan fingerprint density at radius 3 is 2.39 bits per heavy atom. The summed E-state index contributed by atoms with van der Waals surface area (Å²) in [6.45, 7) is 3.26. The van der Waals surface area contributed by atoms with Crippen molar-refractivity contribution in [2.45, 2.75) is 13.5 Å². The molecule has 5 heteroatoms. The minimum absolute atomic E-state index is 0.00673. The van der Waals surface area contributed by atoms with E-state index in [4.69, 9.17) is 10.5 Å². The Balaban J connectivity index is 1.90. The summed E-state index contributed by atoms with van der Waals surface area (Å²) in [4.78, 5) is 22.7. The maximum Gasteiger partial charge on any atom is 0.248 e. The second-order valence-electron chi connectivity index (χ2n) is 4.80. The summed E-state index contributed by atoms with van der Waals surface area (Å²) < 4.78 is 5.04. The molecule has 1 fully saturated rings. The molecule has 1 aliphatic rings. The van der Waals surface area contributed by atoms with Gasteiger partial charge in [-0.25, -0.2) is 0 Å². The highest BCUT2D eigenvalue weighted by molar-refractivity contribution is 5.92. The molecule has 0 spiro atoms. The Bertz CT molecular complexity index is 464. The van der Waals surface area contributed by atoms with E-state index in [1.54, 1.807) is 24.3 Å². The molecule has 1 saturated heterocycles. The summed E-state index contributed by atoms with van der Waals surface area (Å²) in [5.41, 5.74) is 6.14. The molecule has 0 unspecified atom stereocenters. The van der Waals surface area contributed by atoms with E-state index in [1.807, 2.05) is 6.92 Å². The third-order valence-corrected chi connectivity index (χ3v) is 3.08. The zero-order valence-corrected chi connectivity index (χ0v) is 10.2. The van der Waals surface area contributed by atoms with E-state index in [0.717, 1.165) is 5.56 Å². The van der Waals surface area contributed by atoms with Crippen LogP contribution in [0, 0.1) is 5.41 Å². The number of carbonyl (C=O) groups is 2. The molecule has 0 saturated carbocycles. The number of hydrogen-bond acceptors (Lipinski definition) is 3. The molecule has 1 aromatic carbocycles. The summed E-state index contributed by atoms with van der Waals surface area (Å²) >= 11 is 0. The lowest BCUT2D eigenvalue weighted by Crippen LogP contribution is -2.51. The second-order valence-corrected chi connectivity index (χ2v) is 4.80. The largest absolute Gasteiger partial charge is 0.379 e. The quantitative estimate of drug-likeness (QED) is 0.811. The van der Waals surface area contributed by atoms with Crippen LogP contribution in [0.25, 0.3) is 0 Å². The lowest BCUT2D eigenvalue weighted by molar-refractivity contribution is -0.157. The van der Waals surface area contributed by atoms with Gasteiger partial charge in [-0.15, -0.1) is 0 Å². The summed E-state index contributed by atoms with van der Waals surface area (Å²) in [5.74, 6) is -0.461. The van der Waals surface area contributed by atoms with E-state index in [2.05, 4.69) is 5.32 Å². The van der Waals surface area contributed by atoms with Crippen molar-refractivity contribution in [2.24, 2.45) is 11.1 Å². The molecule has 0 radical (unpaired) electrons. The lowest BCUT2D eigenvalue weighted by atomic mass is 9.87. The van der Waals surface area contributed by atoms with Crippen LogP contribution in [0.3, 0.4) is 0 Å². The minimum atomic E-state index is -0.454. The SMILES string of the molecule is CC1(C(=O)NCc2ccc(C(N)=O)cc2)COC1. The Morgan fingerprint density at radius 2 is 1.94 bits per heavy atom. The Hall–Kier alpha value is -1.88. The van der Waals surface area contributed by atoms with Crippen molar-refractivity contribution in [1.82, 2.24) is 5.32 Å². The Labute approximate surface area is 105 Å². The van der Waals surface area contributed by atoms with Gasteiger partial charge >= 0.3 is 0 Å². The van der Waals surface area contributed by atoms with Crippen molar-refractivity contribution in [2.75, 3.05) is 13.2 Å². The predicted molar refractivity (Wildman–Crippen MR) is 65.7 cm³/mol. The zero-order chi connectivity index (χ0) is 13.2. The molecule has 2 amide bonds. The van der Waals surface area contributed by atoms with Crippen LogP contribution >= 0.6 is 0 Å². The molecule has 3 N–H and O–H groups in total. The van der Waals surface area contributed by atoms with Crippen LogP contribution in [-0.2, 0) is 16.1 Å². The maximum atomic E-state index is 11.8. The van der Waals surface area contributed by atoms with Crippen LogP contribution in [0.5, 0.6) is 0 Å². The number of primary amides is 1. The first-order valence-corrected chi connectivity index (χ1v) is 5.76. The molecule has 5 nitrogen and oxygen atoms in total. The fourth-order valence-corrected chi connectivity index (χ4v) is 1.72. The van der Waals surface area contributed by atoms with E-state index < -0.39 is 11.3 Å².